The van der Waals surface area contributed by atoms with E-state index in [9.17, 15) is 0 Å². The van der Waals surface area contributed by atoms with E-state index >= 15 is 0 Å². The second-order valence-corrected chi connectivity index (χ2v) is 7.51. The number of hydrogen-bond donors (Lipinski definition) is 1. The fourth-order valence-electron chi connectivity index (χ4n) is 3.39. The second kappa shape index (κ2) is 5.50. The van der Waals surface area contributed by atoms with Crippen molar-refractivity contribution in [2.24, 2.45) is 0 Å². The van der Waals surface area contributed by atoms with Gasteiger partial charge in [0.25, 0.3) is 0 Å². The molecule has 0 amide bonds. The molecule has 1 saturated carbocycles. The Bertz CT molecular complexity index is 249. The van der Waals surface area contributed by atoms with Crippen molar-refractivity contribution >= 4 is 11.8 Å². The Morgan fingerprint density at radius 2 is 2.12 bits per heavy atom. The Morgan fingerprint density at radius 1 is 1.24 bits per heavy atom. The number of nitrogens with one attached hydrogen (secondary N) is 1. The minimum absolute atomic E-state index is 0.771. The summed E-state index contributed by atoms with van der Waals surface area (Å²) in [5.74, 6) is 1.39. The number of thioether (sulfide) groups is 1. The maximum absolute atomic E-state index is 3.83. The third-order valence-corrected chi connectivity index (χ3v) is 5.95. The van der Waals surface area contributed by atoms with E-state index in [0.29, 0.717) is 0 Å². The Kier molecular flexibility index (Phi) is 3.98. The molecule has 0 aromatic rings. The average molecular weight is 254 g/mol. The zero-order valence-corrected chi connectivity index (χ0v) is 11.8. The first-order valence-corrected chi connectivity index (χ1v) is 8.48. The molecule has 3 fully saturated rings. The van der Waals surface area contributed by atoms with Gasteiger partial charge in [0.15, 0.2) is 0 Å². The van der Waals surface area contributed by atoms with E-state index in [1.807, 2.05) is 0 Å². The number of likely N-dealkylation sites (tertiary alicyclic amines) is 1. The lowest BCUT2D eigenvalue weighted by molar-refractivity contribution is 0.255. The summed E-state index contributed by atoms with van der Waals surface area (Å²) in [6, 6.07) is 2.54. The van der Waals surface area contributed by atoms with Gasteiger partial charge in [-0.05, 0) is 44.8 Å². The van der Waals surface area contributed by atoms with Gasteiger partial charge in [0.05, 0.1) is 0 Å². The molecule has 2 saturated heterocycles. The lowest BCUT2D eigenvalue weighted by atomic mass is 10.1. The molecule has 0 spiro atoms. The lowest BCUT2D eigenvalue weighted by Gasteiger charge is -2.23. The van der Waals surface area contributed by atoms with Crippen LogP contribution in [0.5, 0.6) is 0 Å². The Hall–Kier alpha value is 0.270. The van der Waals surface area contributed by atoms with E-state index in [0.717, 1.165) is 23.4 Å². The van der Waals surface area contributed by atoms with E-state index in [1.165, 1.54) is 57.4 Å². The van der Waals surface area contributed by atoms with E-state index in [1.54, 1.807) is 0 Å². The number of nitrogens with zero attached hydrogens (tertiary/aromatic N) is 1. The van der Waals surface area contributed by atoms with Gasteiger partial charge in [0, 0.05) is 36.5 Å². The summed E-state index contributed by atoms with van der Waals surface area (Å²) in [5.41, 5.74) is 0. The van der Waals surface area contributed by atoms with Gasteiger partial charge >= 0.3 is 0 Å². The predicted molar refractivity (Wildman–Crippen MR) is 75.7 cm³/mol. The highest BCUT2D eigenvalue weighted by molar-refractivity contribution is 7.99. The minimum Gasteiger partial charge on any atom is -0.312 e. The van der Waals surface area contributed by atoms with Crippen LogP contribution in [0.3, 0.4) is 0 Å². The average Bonchev–Trinajstić information content (AvgIpc) is 3.12. The van der Waals surface area contributed by atoms with Crippen LogP contribution in [0.4, 0.5) is 0 Å². The lowest BCUT2D eigenvalue weighted by Crippen LogP contribution is -2.37. The van der Waals surface area contributed by atoms with Crippen molar-refractivity contribution in [2.45, 2.75) is 68.8 Å². The molecule has 3 aliphatic rings. The van der Waals surface area contributed by atoms with Gasteiger partial charge in [0.1, 0.15) is 0 Å². The molecule has 3 atom stereocenters. The molecule has 1 N–H and O–H groups in total. The number of hydrogen-bond acceptors (Lipinski definition) is 3. The van der Waals surface area contributed by atoms with Crippen molar-refractivity contribution in [2.75, 3.05) is 18.8 Å². The Morgan fingerprint density at radius 3 is 2.82 bits per heavy atom. The molecule has 2 nitrogen and oxygen atoms in total. The Labute approximate surface area is 110 Å². The molecule has 0 aromatic heterocycles. The van der Waals surface area contributed by atoms with Crippen molar-refractivity contribution in [3.8, 4) is 0 Å². The van der Waals surface area contributed by atoms with Crippen LogP contribution >= 0.6 is 11.8 Å². The van der Waals surface area contributed by atoms with Gasteiger partial charge in [-0.1, -0.05) is 6.42 Å². The van der Waals surface area contributed by atoms with Crippen LogP contribution < -0.4 is 5.32 Å². The molecule has 98 valence electrons. The fraction of sp³-hybridized carbons (Fsp3) is 1.00. The van der Waals surface area contributed by atoms with E-state index in [2.05, 4.69) is 28.9 Å². The maximum Gasteiger partial charge on any atom is 0.0210 e. The SMILES string of the molecule is CC1CC(NCC2CCCCS2)CN1C1CC1. The van der Waals surface area contributed by atoms with Crippen molar-refractivity contribution in [1.82, 2.24) is 10.2 Å². The summed E-state index contributed by atoms with van der Waals surface area (Å²) in [6.45, 7) is 4.97. The minimum atomic E-state index is 0.771. The normalized spacial score (nSPS) is 39.7. The van der Waals surface area contributed by atoms with E-state index in [-0.39, 0.29) is 0 Å². The van der Waals surface area contributed by atoms with Gasteiger partial charge in [-0.2, -0.15) is 11.8 Å². The first-order valence-electron chi connectivity index (χ1n) is 7.43. The van der Waals surface area contributed by atoms with Crippen molar-refractivity contribution < 1.29 is 0 Å². The molecule has 0 radical (unpaired) electrons. The molecule has 1 aliphatic carbocycles. The van der Waals surface area contributed by atoms with Crippen LogP contribution in [0, 0.1) is 0 Å². The Balaban J connectivity index is 1.40. The first-order chi connectivity index (χ1) is 8.33. The topological polar surface area (TPSA) is 15.3 Å². The van der Waals surface area contributed by atoms with Gasteiger partial charge in [0.2, 0.25) is 0 Å². The summed E-state index contributed by atoms with van der Waals surface area (Å²) < 4.78 is 0. The third-order valence-electron chi connectivity index (χ3n) is 4.55. The summed E-state index contributed by atoms with van der Waals surface area (Å²) in [6.07, 6.45) is 8.61. The smallest absolute Gasteiger partial charge is 0.0210 e. The highest BCUT2D eigenvalue weighted by Crippen LogP contribution is 2.33. The van der Waals surface area contributed by atoms with E-state index in [4.69, 9.17) is 0 Å². The fourth-order valence-corrected chi connectivity index (χ4v) is 4.64. The van der Waals surface area contributed by atoms with Gasteiger partial charge < -0.3 is 5.32 Å². The quantitative estimate of drug-likeness (QED) is 0.830. The molecule has 0 bridgehead atoms. The summed E-state index contributed by atoms with van der Waals surface area (Å²) >= 11 is 2.19. The summed E-state index contributed by atoms with van der Waals surface area (Å²) in [4.78, 5) is 2.74. The zero-order chi connectivity index (χ0) is 11.7. The van der Waals surface area contributed by atoms with Gasteiger partial charge in [-0.15, -0.1) is 0 Å². The van der Waals surface area contributed by atoms with Crippen LogP contribution in [0.15, 0.2) is 0 Å². The van der Waals surface area contributed by atoms with Crippen molar-refractivity contribution in [3.63, 3.8) is 0 Å². The van der Waals surface area contributed by atoms with Gasteiger partial charge in [-0.3, -0.25) is 4.90 Å². The predicted octanol–water partition coefficient (Wildman–Crippen LogP) is 2.49. The molecule has 2 heterocycles. The molecular weight excluding hydrogens is 228 g/mol. The third kappa shape index (κ3) is 3.18. The number of rotatable bonds is 4. The van der Waals surface area contributed by atoms with Crippen LogP contribution in [0.1, 0.15) is 45.4 Å². The molecule has 0 aromatic carbocycles. The van der Waals surface area contributed by atoms with Crippen LogP contribution in [0.25, 0.3) is 0 Å². The summed E-state index contributed by atoms with van der Waals surface area (Å²) in [7, 11) is 0. The largest absolute Gasteiger partial charge is 0.312 e. The van der Waals surface area contributed by atoms with Crippen LogP contribution in [0.2, 0.25) is 0 Å². The monoisotopic (exact) mass is 254 g/mol. The highest BCUT2D eigenvalue weighted by Gasteiger charge is 2.38. The standard InChI is InChI=1S/C14H26N2S/c1-11-8-12(10-16(11)13-5-6-13)15-9-14-4-2-3-7-17-14/h11-15H,2-10H2,1H3. The molecule has 2 aliphatic heterocycles. The van der Waals surface area contributed by atoms with E-state index < -0.39 is 0 Å². The molecule has 3 rings (SSSR count). The van der Waals surface area contributed by atoms with Gasteiger partial charge in [-0.25, -0.2) is 0 Å². The maximum atomic E-state index is 3.83. The van der Waals surface area contributed by atoms with Crippen molar-refractivity contribution in [1.29, 1.82) is 0 Å². The van der Waals surface area contributed by atoms with Crippen LogP contribution in [-0.2, 0) is 0 Å². The van der Waals surface area contributed by atoms with Crippen LogP contribution in [-0.4, -0.2) is 47.1 Å². The highest BCUT2D eigenvalue weighted by atomic mass is 32.2. The van der Waals surface area contributed by atoms with Crippen molar-refractivity contribution in [3.05, 3.63) is 0 Å². The zero-order valence-electron chi connectivity index (χ0n) is 11.0. The molecule has 17 heavy (non-hydrogen) atoms. The summed E-state index contributed by atoms with van der Waals surface area (Å²) in [5, 5.41) is 4.73. The first kappa shape index (κ1) is 12.3. The molecule has 3 unspecified atom stereocenters. The second-order valence-electron chi connectivity index (χ2n) is 6.11. The molecule has 3 heteroatoms. The molecular formula is C14H26N2S.